The Balaban J connectivity index is 3.36. The molecule has 0 heterocycles. The Morgan fingerprint density at radius 1 is 1.32 bits per heavy atom. The zero-order valence-corrected chi connectivity index (χ0v) is 16.5. The molecule has 0 radical (unpaired) electrons. The van der Waals surface area contributed by atoms with Crippen LogP contribution in [0.2, 0.25) is 23.2 Å². The first kappa shape index (κ1) is 17.2. The molecule has 0 atom stereocenters. The Hall–Kier alpha value is 0.157. The molecule has 1 rings (SSSR count). The van der Waals surface area contributed by atoms with Crippen molar-refractivity contribution in [2.75, 3.05) is 0 Å². The summed E-state index contributed by atoms with van der Waals surface area (Å²) in [4.78, 5) is 11.2. The molecule has 0 N–H and O–H groups in total. The summed E-state index contributed by atoms with van der Waals surface area (Å²) in [5, 5.41) is 0.561. The lowest BCUT2D eigenvalue weighted by molar-refractivity contribution is 0.112. The Bertz CT molecular complexity index is 510. The van der Waals surface area contributed by atoms with Gasteiger partial charge < -0.3 is 4.43 Å². The van der Waals surface area contributed by atoms with Gasteiger partial charge in [0.1, 0.15) is 5.75 Å². The van der Waals surface area contributed by atoms with Crippen LogP contribution >= 0.6 is 43.5 Å². The Morgan fingerprint density at radius 2 is 1.84 bits per heavy atom. The maximum atomic E-state index is 11.2. The van der Waals surface area contributed by atoms with Gasteiger partial charge in [0.05, 0.1) is 15.1 Å². The maximum Gasteiger partial charge on any atom is 0.250 e. The highest BCUT2D eigenvalue weighted by Crippen LogP contribution is 2.44. The average molecular weight is 429 g/mol. The molecule has 106 valence electrons. The number of halogens is 3. The fourth-order valence-electron chi connectivity index (χ4n) is 1.20. The third-order valence-electron chi connectivity index (χ3n) is 3.44. The first-order valence-electron chi connectivity index (χ1n) is 5.83. The zero-order valence-electron chi connectivity index (χ0n) is 11.6. The normalized spacial score (nSPS) is 12.4. The van der Waals surface area contributed by atoms with Crippen LogP contribution < -0.4 is 4.43 Å². The second-order valence-corrected chi connectivity index (χ2v) is 12.6. The standard InChI is InChI=1S/C13H17Br2ClO2Si/c1-13(2,3)19(4,5)18-12-8(7-17)6-9(14)11(16)10(12)15/h6-7H,1-5H3. The van der Waals surface area contributed by atoms with Crippen molar-refractivity contribution in [1.29, 1.82) is 0 Å². The van der Waals surface area contributed by atoms with E-state index in [-0.39, 0.29) is 5.04 Å². The van der Waals surface area contributed by atoms with Crippen molar-refractivity contribution in [1.82, 2.24) is 0 Å². The first-order valence-corrected chi connectivity index (χ1v) is 10.7. The molecular weight excluding hydrogens is 411 g/mol. The van der Waals surface area contributed by atoms with E-state index < -0.39 is 8.32 Å². The summed E-state index contributed by atoms with van der Waals surface area (Å²) in [6.07, 6.45) is 0.786. The highest BCUT2D eigenvalue weighted by Gasteiger charge is 2.40. The monoisotopic (exact) mass is 426 g/mol. The van der Waals surface area contributed by atoms with Crippen molar-refractivity contribution >= 4 is 58.1 Å². The largest absolute Gasteiger partial charge is 0.542 e. The molecule has 0 aliphatic carbocycles. The van der Waals surface area contributed by atoms with Gasteiger partial charge in [-0.3, -0.25) is 4.79 Å². The van der Waals surface area contributed by atoms with Gasteiger partial charge in [0.2, 0.25) is 0 Å². The topological polar surface area (TPSA) is 26.3 Å². The predicted molar refractivity (Wildman–Crippen MR) is 90.1 cm³/mol. The van der Waals surface area contributed by atoms with Crippen LogP contribution in [0, 0.1) is 0 Å². The molecule has 6 heteroatoms. The number of carbonyl (C=O) groups excluding carboxylic acids is 1. The molecule has 0 aliphatic rings. The van der Waals surface area contributed by atoms with Gasteiger partial charge in [-0.1, -0.05) is 32.4 Å². The summed E-state index contributed by atoms with van der Waals surface area (Å²) in [7, 11) is -2.03. The Morgan fingerprint density at radius 3 is 2.26 bits per heavy atom. The summed E-state index contributed by atoms with van der Waals surface area (Å²) in [5.74, 6) is 0.537. The van der Waals surface area contributed by atoms with E-state index in [9.17, 15) is 4.79 Å². The van der Waals surface area contributed by atoms with Crippen LogP contribution in [0.15, 0.2) is 15.0 Å². The fourth-order valence-corrected chi connectivity index (χ4v) is 3.76. The van der Waals surface area contributed by atoms with Gasteiger partial charge in [-0.05, 0) is 56.1 Å². The minimum absolute atomic E-state index is 0.0478. The second kappa shape index (κ2) is 5.88. The van der Waals surface area contributed by atoms with Crippen molar-refractivity contribution < 1.29 is 9.22 Å². The molecule has 0 aromatic heterocycles. The average Bonchev–Trinajstić information content (AvgIpc) is 2.28. The smallest absolute Gasteiger partial charge is 0.250 e. The summed E-state index contributed by atoms with van der Waals surface area (Å²) < 4.78 is 7.50. The number of hydrogen-bond acceptors (Lipinski definition) is 2. The van der Waals surface area contributed by atoms with E-state index in [1.165, 1.54) is 0 Å². The highest BCUT2D eigenvalue weighted by atomic mass is 79.9. The van der Waals surface area contributed by atoms with Crippen LogP contribution in [0.4, 0.5) is 0 Å². The maximum absolute atomic E-state index is 11.2. The Kier molecular flexibility index (Phi) is 5.32. The van der Waals surface area contributed by atoms with Crippen molar-refractivity contribution in [2.24, 2.45) is 0 Å². The van der Waals surface area contributed by atoms with Gasteiger partial charge in [0, 0.05) is 4.47 Å². The van der Waals surface area contributed by atoms with Crippen molar-refractivity contribution in [3.63, 3.8) is 0 Å². The molecule has 0 amide bonds. The highest BCUT2D eigenvalue weighted by molar-refractivity contribution is 9.11. The molecule has 0 aliphatic heterocycles. The molecule has 2 nitrogen and oxygen atoms in total. The molecule has 0 bridgehead atoms. The number of benzene rings is 1. The molecule has 0 spiro atoms. The van der Waals surface area contributed by atoms with Crippen LogP contribution in [0.1, 0.15) is 31.1 Å². The predicted octanol–water partition coefficient (Wildman–Crippen LogP) is 6.06. The van der Waals surface area contributed by atoms with E-state index >= 15 is 0 Å². The van der Waals surface area contributed by atoms with Gasteiger partial charge in [-0.2, -0.15) is 0 Å². The van der Waals surface area contributed by atoms with Gasteiger partial charge >= 0.3 is 0 Å². The van der Waals surface area contributed by atoms with E-state index in [0.29, 0.717) is 25.3 Å². The van der Waals surface area contributed by atoms with Crippen molar-refractivity contribution in [2.45, 2.75) is 38.9 Å². The molecule has 0 unspecified atom stereocenters. The Labute approximate surface area is 137 Å². The summed E-state index contributed by atoms with van der Waals surface area (Å²) in [5.41, 5.74) is 0.493. The molecule has 0 saturated carbocycles. The lowest BCUT2D eigenvalue weighted by Crippen LogP contribution is -2.44. The lowest BCUT2D eigenvalue weighted by Gasteiger charge is -2.37. The fraction of sp³-hybridized carbons (Fsp3) is 0.462. The van der Waals surface area contributed by atoms with Crippen LogP contribution in [-0.2, 0) is 0 Å². The molecule has 19 heavy (non-hydrogen) atoms. The lowest BCUT2D eigenvalue weighted by atomic mass is 10.2. The molecule has 1 aromatic carbocycles. The van der Waals surface area contributed by atoms with Crippen LogP contribution in [0.5, 0.6) is 5.75 Å². The summed E-state index contributed by atoms with van der Waals surface area (Å²) >= 11 is 12.9. The molecular formula is C13H17Br2ClO2Si. The number of aldehydes is 1. The van der Waals surface area contributed by atoms with Crippen LogP contribution in [-0.4, -0.2) is 14.6 Å². The first-order chi connectivity index (χ1) is 8.51. The van der Waals surface area contributed by atoms with E-state index in [1.54, 1.807) is 6.07 Å². The van der Waals surface area contributed by atoms with Crippen LogP contribution in [0.25, 0.3) is 0 Å². The van der Waals surface area contributed by atoms with Crippen LogP contribution in [0.3, 0.4) is 0 Å². The SMILES string of the molecule is CC(C)(C)[Si](C)(C)Oc1c(C=O)cc(Br)c(Cl)c1Br. The number of hydrogen-bond donors (Lipinski definition) is 0. The summed E-state index contributed by atoms with van der Waals surface area (Å²) in [6, 6.07) is 1.68. The summed E-state index contributed by atoms with van der Waals surface area (Å²) in [6.45, 7) is 10.7. The van der Waals surface area contributed by atoms with E-state index in [0.717, 1.165) is 6.29 Å². The minimum atomic E-state index is -2.03. The minimum Gasteiger partial charge on any atom is -0.542 e. The van der Waals surface area contributed by atoms with Gasteiger partial charge in [-0.15, -0.1) is 0 Å². The van der Waals surface area contributed by atoms with Gasteiger partial charge in [-0.25, -0.2) is 0 Å². The van der Waals surface area contributed by atoms with E-state index in [2.05, 4.69) is 65.7 Å². The quantitative estimate of drug-likeness (QED) is 0.332. The van der Waals surface area contributed by atoms with Gasteiger partial charge in [0.25, 0.3) is 8.32 Å². The van der Waals surface area contributed by atoms with Crippen molar-refractivity contribution in [3.8, 4) is 5.75 Å². The van der Waals surface area contributed by atoms with E-state index in [1.807, 2.05) is 0 Å². The molecule has 0 fully saturated rings. The number of carbonyl (C=O) groups is 1. The third-order valence-corrected chi connectivity index (χ3v) is 9.99. The number of rotatable bonds is 3. The zero-order chi connectivity index (χ0) is 15.0. The second-order valence-electron chi connectivity index (χ2n) is 5.88. The van der Waals surface area contributed by atoms with E-state index in [4.69, 9.17) is 16.0 Å². The van der Waals surface area contributed by atoms with Gasteiger partial charge in [0.15, 0.2) is 6.29 Å². The molecule has 1 aromatic rings. The molecule has 0 saturated heterocycles. The van der Waals surface area contributed by atoms with Crippen molar-refractivity contribution in [3.05, 3.63) is 25.6 Å². The third kappa shape index (κ3) is 3.63.